The second kappa shape index (κ2) is 9.00. The number of likely N-dealkylation sites (tertiary alicyclic amines) is 2. The van der Waals surface area contributed by atoms with E-state index in [9.17, 15) is 14.4 Å². The molecule has 0 unspecified atom stereocenters. The van der Waals surface area contributed by atoms with Crippen molar-refractivity contribution in [3.05, 3.63) is 59.7 Å². The van der Waals surface area contributed by atoms with Crippen LogP contribution in [0.15, 0.2) is 48.5 Å². The summed E-state index contributed by atoms with van der Waals surface area (Å²) < 4.78 is 10.5. The van der Waals surface area contributed by atoms with Crippen molar-refractivity contribution in [2.75, 3.05) is 27.3 Å². The number of nitrogens with zero attached hydrogens (tertiary/aromatic N) is 2. The molecule has 8 nitrogen and oxygen atoms in total. The number of benzene rings is 2. The quantitative estimate of drug-likeness (QED) is 0.644. The van der Waals surface area contributed by atoms with Gasteiger partial charge in [0, 0.05) is 25.7 Å². The van der Waals surface area contributed by atoms with Crippen LogP contribution in [0.1, 0.15) is 36.9 Å². The molecule has 3 saturated heterocycles. The number of piperidine rings is 1. The number of methoxy groups -OCH3 is 2. The van der Waals surface area contributed by atoms with E-state index in [0.717, 1.165) is 23.3 Å². The zero-order chi connectivity index (χ0) is 24.7. The number of nitrogens with one attached hydrogen (secondary N) is 1. The lowest BCUT2D eigenvalue weighted by atomic mass is 9.74. The number of rotatable bonds is 6. The molecule has 2 aromatic carbocycles. The first-order chi connectivity index (χ1) is 16.9. The van der Waals surface area contributed by atoms with Gasteiger partial charge in [0.2, 0.25) is 17.7 Å². The van der Waals surface area contributed by atoms with Crippen molar-refractivity contribution in [3.63, 3.8) is 0 Å². The normalized spacial score (nSPS) is 28.1. The predicted octanol–water partition coefficient (Wildman–Crippen LogP) is 2.53. The van der Waals surface area contributed by atoms with E-state index < -0.39 is 23.4 Å². The molecular weight excluding hydrogens is 446 g/mol. The Kier molecular flexibility index (Phi) is 6.01. The van der Waals surface area contributed by atoms with Crippen LogP contribution in [0.5, 0.6) is 11.5 Å². The van der Waals surface area contributed by atoms with Crippen molar-refractivity contribution < 1.29 is 23.9 Å². The average molecular weight is 478 g/mol. The van der Waals surface area contributed by atoms with E-state index >= 15 is 0 Å². The molecule has 184 valence electrons. The van der Waals surface area contributed by atoms with Gasteiger partial charge in [-0.15, -0.1) is 0 Å². The van der Waals surface area contributed by atoms with Crippen molar-refractivity contribution >= 4 is 17.7 Å². The van der Waals surface area contributed by atoms with Gasteiger partial charge < -0.3 is 14.4 Å². The Morgan fingerprint density at radius 2 is 1.57 bits per heavy atom. The number of fused-ring (bicyclic) bond motifs is 2. The highest BCUT2D eigenvalue weighted by Crippen LogP contribution is 2.52. The maximum Gasteiger partial charge on any atom is 0.244 e. The van der Waals surface area contributed by atoms with E-state index in [1.807, 2.05) is 53.4 Å². The molecule has 5 rings (SSSR count). The van der Waals surface area contributed by atoms with Crippen LogP contribution >= 0.6 is 0 Å². The van der Waals surface area contributed by atoms with Crippen LogP contribution in [0, 0.1) is 11.8 Å². The third kappa shape index (κ3) is 3.67. The highest BCUT2D eigenvalue weighted by atomic mass is 16.5. The lowest BCUT2D eigenvalue weighted by molar-refractivity contribution is -0.150. The number of imide groups is 1. The molecule has 0 aliphatic carbocycles. The monoisotopic (exact) mass is 477 g/mol. The van der Waals surface area contributed by atoms with Crippen LogP contribution < -0.4 is 14.8 Å². The van der Waals surface area contributed by atoms with Gasteiger partial charge in [-0.25, -0.2) is 0 Å². The Hall–Kier alpha value is -3.39. The van der Waals surface area contributed by atoms with Crippen molar-refractivity contribution in [2.24, 2.45) is 11.8 Å². The lowest BCUT2D eigenvalue weighted by Crippen LogP contribution is -2.63. The zero-order valence-electron chi connectivity index (χ0n) is 20.3. The number of carbonyl (C=O) groups excluding carboxylic acids is 3. The van der Waals surface area contributed by atoms with Crippen LogP contribution in [-0.2, 0) is 20.9 Å². The summed E-state index contributed by atoms with van der Waals surface area (Å²) in [6.45, 7) is 3.16. The fourth-order valence-electron chi connectivity index (χ4n) is 6.04. The molecule has 0 saturated carbocycles. The molecule has 1 spiro atoms. The molecule has 4 atom stereocenters. The van der Waals surface area contributed by atoms with Crippen molar-refractivity contribution in [1.29, 1.82) is 0 Å². The van der Waals surface area contributed by atoms with Crippen molar-refractivity contribution in [2.45, 2.75) is 37.9 Å². The smallest absolute Gasteiger partial charge is 0.244 e. The average Bonchev–Trinajstić information content (AvgIpc) is 3.36. The second-order valence-electron chi connectivity index (χ2n) is 9.47. The highest BCUT2D eigenvalue weighted by Gasteiger charge is 2.68. The topological polar surface area (TPSA) is 88.2 Å². The Labute approximate surface area is 205 Å². The molecular formula is C27H31N3O5. The first-order valence-corrected chi connectivity index (χ1v) is 12.1. The number of hydrogen-bond donors (Lipinski definition) is 1. The summed E-state index contributed by atoms with van der Waals surface area (Å²) in [6.07, 6.45) is 1.27. The van der Waals surface area contributed by atoms with E-state index in [-0.39, 0.29) is 17.7 Å². The van der Waals surface area contributed by atoms with E-state index in [0.29, 0.717) is 31.8 Å². The van der Waals surface area contributed by atoms with Crippen molar-refractivity contribution in [3.8, 4) is 11.5 Å². The van der Waals surface area contributed by atoms with E-state index in [1.165, 1.54) is 4.90 Å². The minimum Gasteiger partial charge on any atom is -0.497 e. The fraction of sp³-hybridized carbons (Fsp3) is 0.444. The van der Waals surface area contributed by atoms with E-state index in [4.69, 9.17) is 9.47 Å². The zero-order valence-corrected chi connectivity index (χ0v) is 20.3. The molecule has 1 N–H and O–H groups in total. The molecule has 35 heavy (non-hydrogen) atoms. The number of amides is 3. The van der Waals surface area contributed by atoms with E-state index in [1.54, 1.807) is 21.1 Å². The molecule has 2 aromatic rings. The van der Waals surface area contributed by atoms with Gasteiger partial charge in [-0.3, -0.25) is 24.6 Å². The van der Waals surface area contributed by atoms with E-state index in [2.05, 4.69) is 5.32 Å². The van der Waals surface area contributed by atoms with Gasteiger partial charge in [-0.2, -0.15) is 0 Å². The Bertz CT molecular complexity index is 1130. The standard InChI is InChI=1S/C27H31N3O5/c1-4-30-24(31)21-22(25(30)32)27(28-23(21)18-8-12-20(35-3)13-9-18)14-5-15-29(26(27)33)16-17-6-10-19(34-2)11-7-17/h6-13,21-23,28H,4-5,14-16H2,1-3H3/t21-,22-,23-,27-/m1/s1. The third-order valence-electron chi connectivity index (χ3n) is 7.74. The van der Waals surface area contributed by atoms with Gasteiger partial charge in [-0.05, 0) is 55.2 Å². The first-order valence-electron chi connectivity index (χ1n) is 12.1. The summed E-state index contributed by atoms with van der Waals surface area (Å²) in [5.74, 6) is -0.411. The van der Waals surface area contributed by atoms with Gasteiger partial charge in [-0.1, -0.05) is 24.3 Å². The molecule has 0 bridgehead atoms. The molecule has 0 radical (unpaired) electrons. The minimum atomic E-state index is -1.10. The highest BCUT2D eigenvalue weighted by molar-refractivity contribution is 6.10. The fourth-order valence-corrected chi connectivity index (χ4v) is 6.04. The van der Waals surface area contributed by atoms with Crippen LogP contribution in [0.25, 0.3) is 0 Å². The maximum absolute atomic E-state index is 14.1. The molecule has 0 aromatic heterocycles. The number of ether oxygens (including phenoxy) is 2. The maximum atomic E-state index is 14.1. The third-order valence-corrected chi connectivity index (χ3v) is 7.74. The Morgan fingerprint density at radius 1 is 0.943 bits per heavy atom. The Morgan fingerprint density at radius 3 is 2.17 bits per heavy atom. The van der Waals surface area contributed by atoms with Gasteiger partial charge in [0.25, 0.3) is 0 Å². The van der Waals surface area contributed by atoms with Crippen LogP contribution in [0.3, 0.4) is 0 Å². The molecule has 8 heteroatoms. The van der Waals surface area contributed by atoms with Crippen molar-refractivity contribution in [1.82, 2.24) is 15.1 Å². The molecule has 3 amide bonds. The van der Waals surface area contributed by atoms with Crippen LogP contribution in [-0.4, -0.2) is 60.4 Å². The van der Waals surface area contributed by atoms with Gasteiger partial charge in [0.1, 0.15) is 17.0 Å². The summed E-state index contributed by atoms with van der Waals surface area (Å²) in [5.41, 5.74) is 0.759. The SMILES string of the molecule is CCN1C(=O)[C@H]2[C@@H](c3ccc(OC)cc3)N[C@]3(CCCN(Cc4ccc(OC)cc4)C3=O)[C@H]2C1=O. The van der Waals surface area contributed by atoms with Crippen LogP contribution in [0.2, 0.25) is 0 Å². The minimum absolute atomic E-state index is 0.107. The summed E-state index contributed by atoms with van der Waals surface area (Å²) in [6, 6.07) is 14.7. The lowest BCUT2D eigenvalue weighted by Gasteiger charge is -2.42. The first kappa shape index (κ1) is 23.4. The summed E-state index contributed by atoms with van der Waals surface area (Å²) >= 11 is 0. The number of hydrogen-bond acceptors (Lipinski definition) is 6. The van der Waals surface area contributed by atoms with Crippen LogP contribution in [0.4, 0.5) is 0 Å². The summed E-state index contributed by atoms with van der Waals surface area (Å²) in [7, 11) is 3.22. The Balaban J connectivity index is 1.50. The molecule has 3 fully saturated rings. The largest absolute Gasteiger partial charge is 0.497 e. The summed E-state index contributed by atoms with van der Waals surface area (Å²) in [5, 5.41) is 3.53. The summed E-state index contributed by atoms with van der Waals surface area (Å²) in [4.78, 5) is 44.1. The molecule has 3 heterocycles. The number of carbonyl (C=O) groups is 3. The molecule has 3 aliphatic heterocycles. The second-order valence-corrected chi connectivity index (χ2v) is 9.47. The molecule has 3 aliphatic rings. The predicted molar refractivity (Wildman–Crippen MR) is 129 cm³/mol. The van der Waals surface area contributed by atoms with Gasteiger partial charge >= 0.3 is 0 Å². The van der Waals surface area contributed by atoms with Gasteiger partial charge in [0.15, 0.2) is 0 Å². The van der Waals surface area contributed by atoms with Gasteiger partial charge in [0.05, 0.1) is 26.1 Å².